The standard InChI is InChI=1S/C25H25F3N2O5S/c1-15-11-16(2)24(17(3)12-15)36(33,34)30(14-22(31)32)21-10-6-9-20(23(21)25(26,27)28)29-18-7-5-8-19(13-18)35-4/h5-13,29H,14H2,1-4H3,(H,31,32). The van der Waals surface area contributed by atoms with Gasteiger partial charge >= 0.3 is 12.1 Å². The van der Waals surface area contributed by atoms with Crippen molar-refractivity contribution in [3.63, 3.8) is 0 Å². The lowest BCUT2D eigenvalue weighted by Gasteiger charge is -2.28. The normalized spacial score (nSPS) is 11.8. The quantitative estimate of drug-likeness (QED) is 0.396. The highest BCUT2D eigenvalue weighted by Crippen LogP contribution is 2.44. The average Bonchev–Trinajstić information content (AvgIpc) is 2.75. The Morgan fingerprint density at radius 2 is 1.64 bits per heavy atom. The first-order valence-corrected chi connectivity index (χ1v) is 12.1. The molecule has 0 spiro atoms. The summed E-state index contributed by atoms with van der Waals surface area (Å²) in [6, 6.07) is 12.6. The predicted molar refractivity (Wildman–Crippen MR) is 131 cm³/mol. The molecule has 0 aliphatic heterocycles. The van der Waals surface area contributed by atoms with Crippen LogP contribution < -0.4 is 14.4 Å². The van der Waals surface area contributed by atoms with Gasteiger partial charge in [0.1, 0.15) is 17.9 Å². The first-order valence-electron chi connectivity index (χ1n) is 10.7. The minimum absolute atomic E-state index is 0.242. The number of hydrogen-bond acceptors (Lipinski definition) is 5. The molecule has 0 aliphatic carbocycles. The van der Waals surface area contributed by atoms with Gasteiger partial charge in [-0.25, -0.2) is 8.42 Å². The molecule has 0 unspecified atom stereocenters. The maximum Gasteiger partial charge on any atom is 0.420 e. The summed E-state index contributed by atoms with van der Waals surface area (Å²) in [5.41, 5.74) is -0.971. The Morgan fingerprint density at radius 3 is 2.19 bits per heavy atom. The number of nitrogens with one attached hydrogen (secondary N) is 1. The van der Waals surface area contributed by atoms with Gasteiger partial charge in [0.15, 0.2) is 0 Å². The van der Waals surface area contributed by atoms with Gasteiger partial charge in [0, 0.05) is 11.8 Å². The van der Waals surface area contributed by atoms with Gasteiger partial charge in [-0.3, -0.25) is 9.10 Å². The molecule has 0 radical (unpaired) electrons. The van der Waals surface area contributed by atoms with Crippen molar-refractivity contribution in [3.8, 4) is 5.75 Å². The summed E-state index contributed by atoms with van der Waals surface area (Å²) in [6.45, 7) is 3.57. The fourth-order valence-electron chi connectivity index (χ4n) is 4.11. The lowest BCUT2D eigenvalue weighted by Crippen LogP contribution is -2.38. The Balaban J connectivity index is 2.27. The van der Waals surface area contributed by atoms with Gasteiger partial charge in [0.05, 0.1) is 23.4 Å². The molecule has 0 fully saturated rings. The van der Waals surface area contributed by atoms with Crippen LogP contribution >= 0.6 is 0 Å². The smallest absolute Gasteiger partial charge is 0.420 e. The molecule has 0 saturated carbocycles. The van der Waals surface area contributed by atoms with Gasteiger partial charge in [-0.1, -0.05) is 29.8 Å². The van der Waals surface area contributed by atoms with Crippen molar-refractivity contribution in [2.75, 3.05) is 23.3 Å². The van der Waals surface area contributed by atoms with Gasteiger partial charge in [-0.15, -0.1) is 0 Å². The van der Waals surface area contributed by atoms with E-state index in [1.54, 1.807) is 31.2 Å². The van der Waals surface area contributed by atoms with Gasteiger partial charge < -0.3 is 15.2 Å². The van der Waals surface area contributed by atoms with Gasteiger partial charge in [0.25, 0.3) is 10.0 Å². The maximum atomic E-state index is 14.4. The van der Waals surface area contributed by atoms with Crippen molar-refractivity contribution in [3.05, 3.63) is 76.9 Å². The fourth-order valence-corrected chi connectivity index (χ4v) is 5.96. The van der Waals surface area contributed by atoms with E-state index in [0.717, 1.165) is 17.7 Å². The molecular weight excluding hydrogens is 497 g/mol. The Bertz CT molecular complexity index is 1380. The van der Waals surface area contributed by atoms with Gasteiger partial charge in [-0.05, 0) is 56.2 Å². The van der Waals surface area contributed by atoms with E-state index in [0.29, 0.717) is 21.2 Å². The van der Waals surface area contributed by atoms with Crippen LogP contribution in [0.25, 0.3) is 0 Å². The molecule has 0 amide bonds. The molecule has 3 aromatic rings. The second kappa shape index (κ2) is 10.1. The molecule has 36 heavy (non-hydrogen) atoms. The maximum absolute atomic E-state index is 14.4. The summed E-state index contributed by atoms with van der Waals surface area (Å²) in [4.78, 5) is 11.4. The third kappa shape index (κ3) is 5.56. The Labute approximate surface area is 207 Å². The van der Waals surface area contributed by atoms with Gasteiger partial charge in [-0.2, -0.15) is 13.2 Å². The van der Waals surface area contributed by atoms with Crippen molar-refractivity contribution in [1.29, 1.82) is 0 Å². The van der Waals surface area contributed by atoms with Crippen LogP contribution in [0.4, 0.5) is 30.2 Å². The summed E-state index contributed by atoms with van der Waals surface area (Å²) in [7, 11) is -3.30. The Kier molecular flexibility index (Phi) is 7.54. The third-order valence-electron chi connectivity index (χ3n) is 5.38. The summed E-state index contributed by atoms with van der Waals surface area (Å²) in [5.74, 6) is -1.22. The van der Waals surface area contributed by atoms with Crippen molar-refractivity contribution < 1.29 is 36.2 Å². The van der Waals surface area contributed by atoms with E-state index in [4.69, 9.17) is 4.74 Å². The molecule has 0 bridgehead atoms. The van der Waals surface area contributed by atoms with Crippen LogP contribution in [0.2, 0.25) is 0 Å². The number of anilines is 3. The van der Waals surface area contributed by atoms with E-state index >= 15 is 0 Å². The average molecular weight is 523 g/mol. The van der Waals surface area contributed by atoms with E-state index in [-0.39, 0.29) is 10.6 Å². The number of carboxylic acid groups (broad SMARTS) is 1. The zero-order chi connectivity index (χ0) is 26.8. The summed E-state index contributed by atoms with van der Waals surface area (Å²) in [5, 5.41) is 12.1. The number of carboxylic acids is 1. The highest BCUT2D eigenvalue weighted by atomic mass is 32.2. The molecule has 3 aromatic carbocycles. The highest BCUT2D eigenvalue weighted by molar-refractivity contribution is 7.93. The number of aliphatic carboxylic acids is 1. The van der Waals surface area contributed by atoms with Crippen LogP contribution in [0.3, 0.4) is 0 Å². The molecule has 3 rings (SSSR count). The second-order valence-electron chi connectivity index (χ2n) is 8.19. The number of methoxy groups -OCH3 is 1. The fraction of sp³-hybridized carbons (Fsp3) is 0.240. The molecule has 0 aromatic heterocycles. The lowest BCUT2D eigenvalue weighted by atomic mass is 10.1. The van der Waals surface area contributed by atoms with E-state index in [2.05, 4.69) is 5.32 Å². The number of rotatable bonds is 8. The van der Waals surface area contributed by atoms with Crippen LogP contribution in [0.1, 0.15) is 22.3 Å². The minimum Gasteiger partial charge on any atom is -0.497 e. The number of aryl methyl sites for hydroxylation is 3. The molecule has 0 saturated heterocycles. The molecule has 0 aliphatic rings. The van der Waals surface area contributed by atoms with Crippen LogP contribution in [0.15, 0.2) is 59.5 Å². The van der Waals surface area contributed by atoms with E-state index in [9.17, 15) is 31.5 Å². The van der Waals surface area contributed by atoms with Crippen LogP contribution in [-0.4, -0.2) is 33.1 Å². The Morgan fingerprint density at radius 1 is 1.03 bits per heavy atom. The van der Waals surface area contributed by atoms with Crippen LogP contribution in [0.5, 0.6) is 5.75 Å². The molecule has 2 N–H and O–H groups in total. The van der Waals surface area contributed by atoms with Gasteiger partial charge in [0.2, 0.25) is 0 Å². The molecular formula is C25H25F3N2O5S. The van der Waals surface area contributed by atoms with E-state index in [1.807, 2.05) is 0 Å². The van der Waals surface area contributed by atoms with Crippen LogP contribution in [0, 0.1) is 20.8 Å². The Hall–Kier alpha value is -3.73. The predicted octanol–water partition coefficient (Wildman–Crippen LogP) is 5.66. The molecule has 11 heteroatoms. The first kappa shape index (κ1) is 26.9. The number of alkyl halides is 3. The zero-order valence-corrected chi connectivity index (χ0v) is 20.8. The highest BCUT2D eigenvalue weighted by Gasteiger charge is 2.41. The van der Waals surface area contributed by atoms with Crippen molar-refractivity contribution >= 4 is 33.1 Å². The number of halogens is 3. The van der Waals surface area contributed by atoms with Crippen molar-refractivity contribution in [2.24, 2.45) is 0 Å². The molecule has 0 heterocycles. The zero-order valence-electron chi connectivity index (χ0n) is 20.0. The second-order valence-corrected chi connectivity index (χ2v) is 9.99. The first-order chi connectivity index (χ1) is 16.8. The van der Waals surface area contributed by atoms with Crippen molar-refractivity contribution in [2.45, 2.75) is 31.8 Å². The molecule has 7 nitrogen and oxygen atoms in total. The topological polar surface area (TPSA) is 95.9 Å². The largest absolute Gasteiger partial charge is 0.497 e. The van der Waals surface area contributed by atoms with E-state index in [1.165, 1.54) is 39.2 Å². The van der Waals surface area contributed by atoms with Crippen molar-refractivity contribution in [1.82, 2.24) is 0 Å². The number of benzene rings is 3. The SMILES string of the molecule is COc1cccc(Nc2cccc(N(CC(=O)O)S(=O)(=O)c3c(C)cc(C)cc3C)c2C(F)(F)F)c1. The number of ether oxygens (including phenoxy) is 1. The monoisotopic (exact) mass is 522 g/mol. The number of nitrogens with zero attached hydrogens (tertiary/aromatic N) is 1. The summed E-state index contributed by atoms with van der Waals surface area (Å²) < 4.78 is 76.1. The van der Waals surface area contributed by atoms with Crippen LogP contribution in [-0.2, 0) is 21.0 Å². The summed E-state index contributed by atoms with van der Waals surface area (Å²) >= 11 is 0. The third-order valence-corrected chi connectivity index (χ3v) is 7.44. The summed E-state index contributed by atoms with van der Waals surface area (Å²) in [6.07, 6.45) is -5.03. The number of hydrogen-bond donors (Lipinski definition) is 2. The number of sulfonamides is 1. The van der Waals surface area contributed by atoms with E-state index < -0.39 is 45.7 Å². The molecule has 0 atom stereocenters. The molecule has 192 valence electrons. The number of carbonyl (C=O) groups is 1. The minimum atomic E-state index is -5.03. The lowest BCUT2D eigenvalue weighted by molar-refractivity contribution is -0.137.